The Morgan fingerprint density at radius 2 is 2.58 bits per heavy atom. The Kier molecular flexibility index (Phi) is 3.79. The van der Waals surface area contributed by atoms with Gasteiger partial charge in [0.05, 0.1) is 6.07 Å². The largest absolute Gasteiger partial charge is 0.213 e. The molecule has 1 unspecified atom stereocenters. The summed E-state index contributed by atoms with van der Waals surface area (Å²) < 4.78 is 4.87. The van der Waals surface area contributed by atoms with E-state index in [1.807, 2.05) is 13.0 Å². The highest BCUT2D eigenvalue weighted by Gasteiger charge is 2.05. The van der Waals surface area contributed by atoms with Crippen LogP contribution in [0.2, 0.25) is 0 Å². The molecule has 1 atom stereocenters. The summed E-state index contributed by atoms with van der Waals surface area (Å²) >= 11 is 8.40. The molecule has 12 heavy (non-hydrogen) atoms. The van der Waals surface area contributed by atoms with Gasteiger partial charge < -0.3 is 0 Å². The Morgan fingerprint density at radius 3 is 3.08 bits per heavy atom. The van der Waals surface area contributed by atoms with E-state index in [2.05, 4.69) is 9.36 Å². The maximum absolute atomic E-state index is 8.39. The molecule has 1 rings (SSSR count). The fourth-order valence-electron chi connectivity index (χ4n) is 0.518. The molecule has 1 aromatic heterocycles. The van der Waals surface area contributed by atoms with Crippen molar-refractivity contribution < 1.29 is 0 Å². The number of aromatic nitrogens is 2. The van der Waals surface area contributed by atoms with Gasteiger partial charge in [-0.05, 0) is 18.5 Å². The lowest BCUT2D eigenvalue weighted by atomic mass is 10.5. The van der Waals surface area contributed by atoms with Crippen molar-refractivity contribution in [2.75, 3.05) is 5.75 Å². The maximum atomic E-state index is 8.39. The minimum absolute atomic E-state index is 0.445. The molecule has 0 N–H and O–H groups in total. The molecular formula is C6H6ClN3S2. The first kappa shape index (κ1) is 9.78. The maximum Gasteiger partial charge on any atom is 0.170 e. The predicted octanol–water partition coefficient (Wildman–Crippen LogP) is 2.07. The van der Waals surface area contributed by atoms with Gasteiger partial charge in [-0.1, -0.05) is 11.8 Å². The van der Waals surface area contributed by atoms with Crippen LogP contribution in [0.3, 0.4) is 0 Å². The molecule has 0 amide bonds. The van der Waals surface area contributed by atoms with Gasteiger partial charge in [-0.3, -0.25) is 0 Å². The summed E-state index contributed by atoms with van der Waals surface area (Å²) in [6, 6.07) is 1.94. The van der Waals surface area contributed by atoms with Crippen molar-refractivity contribution >= 4 is 34.9 Å². The minimum Gasteiger partial charge on any atom is -0.213 e. The number of hydrogen-bond acceptors (Lipinski definition) is 5. The number of rotatable bonds is 3. The van der Waals surface area contributed by atoms with Gasteiger partial charge in [-0.25, -0.2) is 4.98 Å². The van der Waals surface area contributed by atoms with Crippen LogP contribution in [0.5, 0.6) is 0 Å². The number of hydrogen-bond donors (Lipinski definition) is 0. The van der Waals surface area contributed by atoms with Crippen LogP contribution in [0.25, 0.3) is 0 Å². The standard InChI is InChI=1S/C6H6ClN3S2/c1-4-9-6(12-10-4)11-3-5(7)2-8/h5H,3H2,1H3. The molecule has 1 aromatic rings. The van der Waals surface area contributed by atoms with Crippen molar-refractivity contribution in [2.24, 2.45) is 0 Å². The summed E-state index contributed by atoms with van der Waals surface area (Å²) in [5, 5.41) is 7.94. The van der Waals surface area contributed by atoms with Gasteiger partial charge in [-0.15, -0.1) is 11.6 Å². The summed E-state index contributed by atoms with van der Waals surface area (Å²) in [5.41, 5.74) is 0. The topological polar surface area (TPSA) is 49.6 Å². The molecule has 3 nitrogen and oxygen atoms in total. The molecule has 0 bridgehead atoms. The first-order chi connectivity index (χ1) is 5.72. The van der Waals surface area contributed by atoms with Crippen LogP contribution in [0.1, 0.15) is 5.82 Å². The van der Waals surface area contributed by atoms with E-state index in [9.17, 15) is 0 Å². The van der Waals surface area contributed by atoms with Crippen LogP contribution in [0, 0.1) is 18.3 Å². The number of nitrogens with zero attached hydrogens (tertiary/aromatic N) is 3. The van der Waals surface area contributed by atoms with Crippen LogP contribution in [-0.2, 0) is 0 Å². The molecule has 0 radical (unpaired) electrons. The van der Waals surface area contributed by atoms with E-state index >= 15 is 0 Å². The van der Waals surface area contributed by atoms with Gasteiger partial charge in [0.1, 0.15) is 11.2 Å². The average molecular weight is 220 g/mol. The van der Waals surface area contributed by atoms with Gasteiger partial charge in [0, 0.05) is 5.75 Å². The quantitative estimate of drug-likeness (QED) is 0.577. The first-order valence-electron chi connectivity index (χ1n) is 3.19. The van der Waals surface area contributed by atoms with Crippen LogP contribution in [0.15, 0.2) is 4.34 Å². The van der Waals surface area contributed by atoms with Crippen molar-refractivity contribution in [2.45, 2.75) is 16.6 Å². The highest BCUT2D eigenvalue weighted by atomic mass is 35.5. The van der Waals surface area contributed by atoms with E-state index in [-0.39, 0.29) is 0 Å². The van der Waals surface area contributed by atoms with Gasteiger partial charge in [0.15, 0.2) is 4.34 Å². The summed E-state index contributed by atoms with van der Waals surface area (Å²) in [7, 11) is 0. The van der Waals surface area contributed by atoms with Crippen molar-refractivity contribution in [3.8, 4) is 6.07 Å². The SMILES string of the molecule is Cc1nsc(SCC(Cl)C#N)n1. The monoisotopic (exact) mass is 219 g/mol. The highest BCUT2D eigenvalue weighted by molar-refractivity contribution is 8.01. The molecule has 0 fully saturated rings. The smallest absolute Gasteiger partial charge is 0.170 e. The molecule has 1 heterocycles. The Morgan fingerprint density at radius 1 is 1.83 bits per heavy atom. The zero-order valence-electron chi connectivity index (χ0n) is 6.32. The van der Waals surface area contributed by atoms with E-state index in [1.165, 1.54) is 23.3 Å². The second-order valence-corrected chi connectivity index (χ2v) is 4.56. The number of aryl methyl sites for hydroxylation is 1. The lowest BCUT2D eigenvalue weighted by molar-refractivity contribution is 1.10. The third-order valence-electron chi connectivity index (χ3n) is 1.00. The number of thioether (sulfide) groups is 1. The molecule has 6 heteroatoms. The number of alkyl halides is 1. The first-order valence-corrected chi connectivity index (χ1v) is 5.38. The number of halogens is 1. The normalized spacial score (nSPS) is 12.4. The summed E-state index contributed by atoms with van der Waals surface area (Å²) in [5.74, 6) is 1.33. The van der Waals surface area contributed by atoms with Crippen molar-refractivity contribution in [3.05, 3.63) is 5.82 Å². The van der Waals surface area contributed by atoms with Crippen LogP contribution in [-0.4, -0.2) is 20.5 Å². The average Bonchev–Trinajstić information content (AvgIpc) is 2.47. The molecular weight excluding hydrogens is 214 g/mol. The molecule has 64 valence electrons. The molecule has 0 saturated carbocycles. The van der Waals surface area contributed by atoms with Crippen LogP contribution < -0.4 is 0 Å². The van der Waals surface area contributed by atoms with Gasteiger partial charge in [0.2, 0.25) is 0 Å². The lowest BCUT2D eigenvalue weighted by Gasteiger charge is -1.94. The van der Waals surface area contributed by atoms with Crippen molar-refractivity contribution in [1.82, 2.24) is 9.36 Å². The van der Waals surface area contributed by atoms with E-state index in [4.69, 9.17) is 16.9 Å². The summed E-state index contributed by atoms with van der Waals surface area (Å²) in [4.78, 5) is 4.12. The lowest BCUT2D eigenvalue weighted by Crippen LogP contribution is -1.96. The molecule has 0 aliphatic rings. The minimum atomic E-state index is -0.445. The highest BCUT2D eigenvalue weighted by Crippen LogP contribution is 2.21. The van der Waals surface area contributed by atoms with E-state index < -0.39 is 5.38 Å². The molecule has 0 aliphatic carbocycles. The van der Waals surface area contributed by atoms with Gasteiger partial charge >= 0.3 is 0 Å². The summed E-state index contributed by atoms with van der Waals surface area (Å²) in [6.07, 6.45) is 0. The van der Waals surface area contributed by atoms with E-state index in [0.717, 1.165) is 10.2 Å². The molecule has 0 saturated heterocycles. The fraction of sp³-hybridized carbons (Fsp3) is 0.500. The van der Waals surface area contributed by atoms with Crippen LogP contribution in [0.4, 0.5) is 0 Å². The second kappa shape index (κ2) is 4.65. The van der Waals surface area contributed by atoms with Crippen molar-refractivity contribution in [1.29, 1.82) is 5.26 Å². The van der Waals surface area contributed by atoms with E-state index in [1.54, 1.807) is 0 Å². The Balaban J connectivity index is 2.39. The summed E-state index contributed by atoms with van der Waals surface area (Å²) in [6.45, 7) is 1.84. The second-order valence-electron chi connectivity index (χ2n) is 2.02. The van der Waals surface area contributed by atoms with Gasteiger partial charge in [0.25, 0.3) is 0 Å². The third kappa shape index (κ3) is 2.97. The Hall–Kier alpha value is -0.310. The van der Waals surface area contributed by atoms with E-state index in [0.29, 0.717) is 5.75 Å². The third-order valence-corrected chi connectivity index (χ3v) is 3.46. The number of nitriles is 1. The molecule has 0 aliphatic heterocycles. The molecule has 0 spiro atoms. The molecule has 0 aromatic carbocycles. The zero-order valence-corrected chi connectivity index (χ0v) is 8.71. The fourth-order valence-corrected chi connectivity index (χ4v) is 2.22. The zero-order chi connectivity index (χ0) is 8.97. The van der Waals surface area contributed by atoms with Crippen LogP contribution >= 0.6 is 34.9 Å². The Labute approximate surface area is 83.9 Å². The predicted molar refractivity (Wildman–Crippen MR) is 50.6 cm³/mol. The van der Waals surface area contributed by atoms with Crippen molar-refractivity contribution in [3.63, 3.8) is 0 Å². The Bertz CT molecular complexity index is 293. The van der Waals surface area contributed by atoms with Gasteiger partial charge in [-0.2, -0.15) is 9.64 Å².